The van der Waals surface area contributed by atoms with Crippen LogP contribution >= 0.6 is 0 Å². The van der Waals surface area contributed by atoms with Gasteiger partial charge in [-0.2, -0.15) is 5.26 Å². The first-order chi connectivity index (χ1) is 6.55. The number of hydrogen-bond donors (Lipinski definition) is 1. The largest absolute Gasteiger partial charge is 0.296 e. The van der Waals surface area contributed by atoms with Crippen LogP contribution in [0.25, 0.3) is 0 Å². The third-order valence-electron chi connectivity index (χ3n) is 2.26. The Labute approximate surface area is 85.6 Å². The molecule has 0 aliphatic heterocycles. The molecule has 0 spiro atoms. The Morgan fingerprint density at radius 1 is 1.36 bits per heavy atom. The summed E-state index contributed by atoms with van der Waals surface area (Å²) in [5.74, 6) is 0. The van der Waals surface area contributed by atoms with Gasteiger partial charge in [-0.05, 0) is 31.9 Å². The normalized spacial score (nSPS) is 11.0. The first kappa shape index (κ1) is 10.7. The van der Waals surface area contributed by atoms with Crippen molar-refractivity contribution in [2.45, 2.75) is 32.9 Å². The van der Waals surface area contributed by atoms with E-state index in [0.717, 1.165) is 6.54 Å². The topological polar surface area (TPSA) is 35.8 Å². The maximum atomic E-state index is 8.83. The van der Waals surface area contributed by atoms with Crippen molar-refractivity contribution < 1.29 is 0 Å². The van der Waals surface area contributed by atoms with Crippen LogP contribution in [-0.2, 0) is 6.54 Å². The second kappa shape index (κ2) is 4.26. The van der Waals surface area contributed by atoms with E-state index in [-0.39, 0.29) is 0 Å². The van der Waals surface area contributed by atoms with Crippen molar-refractivity contribution in [2.75, 3.05) is 0 Å². The van der Waals surface area contributed by atoms with E-state index >= 15 is 0 Å². The van der Waals surface area contributed by atoms with E-state index in [4.69, 9.17) is 5.26 Å². The fourth-order valence-electron chi connectivity index (χ4n) is 1.16. The van der Waals surface area contributed by atoms with Gasteiger partial charge in [0.15, 0.2) is 0 Å². The average Bonchev–Trinajstić information content (AvgIpc) is 2.17. The lowest BCUT2D eigenvalue weighted by Gasteiger charge is -2.18. The Kier molecular flexibility index (Phi) is 3.27. The van der Waals surface area contributed by atoms with Gasteiger partial charge in [0.05, 0.1) is 6.07 Å². The van der Waals surface area contributed by atoms with Crippen molar-refractivity contribution in [1.29, 1.82) is 5.26 Å². The fourth-order valence-corrected chi connectivity index (χ4v) is 1.16. The van der Waals surface area contributed by atoms with E-state index in [1.807, 2.05) is 26.0 Å². The first-order valence-electron chi connectivity index (χ1n) is 4.76. The predicted octanol–water partition coefficient (Wildman–Crippen LogP) is 2.39. The number of benzene rings is 1. The minimum Gasteiger partial charge on any atom is -0.296 e. The van der Waals surface area contributed by atoms with Crippen LogP contribution < -0.4 is 5.32 Å². The fraction of sp³-hybridized carbons (Fsp3) is 0.417. The number of nitriles is 1. The van der Waals surface area contributed by atoms with Crippen molar-refractivity contribution >= 4 is 0 Å². The number of aryl methyl sites for hydroxylation is 1. The molecule has 0 saturated carbocycles. The van der Waals surface area contributed by atoms with Gasteiger partial charge in [-0.15, -0.1) is 0 Å². The summed E-state index contributed by atoms with van der Waals surface area (Å²) in [5.41, 5.74) is 2.05. The Morgan fingerprint density at radius 3 is 2.57 bits per heavy atom. The lowest BCUT2D eigenvalue weighted by molar-refractivity contribution is 0.484. The van der Waals surface area contributed by atoms with Gasteiger partial charge in [-0.25, -0.2) is 0 Å². The van der Waals surface area contributed by atoms with Gasteiger partial charge < -0.3 is 0 Å². The minimum atomic E-state index is -0.456. The van der Waals surface area contributed by atoms with Crippen LogP contribution in [-0.4, -0.2) is 5.54 Å². The van der Waals surface area contributed by atoms with Crippen molar-refractivity contribution in [3.8, 4) is 6.07 Å². The number of nitrogens with zero attached hydrogens (tertiary/aromatic N) is 1. The lowest BCUT2D eigenvalue weighted by atomic mass is 10.1. The molecule has 0 atom stereocenters. The van der Waals surface area contributed by atoms with Crippen molar-refractivity contribution in [1.82, 2.24) is 5.32 Å². The molecule has 0 aliphatic rings. The minimum absolute atomic E-state index is 0.456. The number of nitrogens with one attached hydrogen (secondary N) is 1. The highest BCUT2D eigenvalue weighted by molar-refractivity contribution is 5.25. The molecule has 74 valence electrons. The highest BCUT2D eigenvalue weighted by Gasteiger charge is 2.14. The van der Waals surface area contributed by atoms with Crippen molar-refractivity contribution in [3.05, 3.63) is 35.4 Å². The SMILES string of the molecule is Cc1ccccc1CNC(C)(C)C#N. The Balaban J connectivity index is 2.64. The standard InChI is InChI=1S/C12H16N2/c1-10-6-4-5-7-11(10)8-14-12(2,3)9-13/h4-7,14H,8H2,1-3H3. The molecule has 1 aromatic rings. The summed E-state index contributed by atoms with van der Waals surface area (Å²) in [6.45, 7) is 6.58. The van der Waals surface area contributed by atoms with Gasteiger partial charge >= 0.3 is 0 Å². The van der Waals surface area contributed by atoms with Gasteiger partial charge in [-0.1, -0.05) is 24.3 Å². The quantitative estimate of drug-likeness (QED) is 0.790. The first-order valence-corrected chi connectivity index (χ1v) is 4.76. The zero-order valence-corrected chi connectivity index (χ0v) is 8.96. The Hall–Kier alpha value is -1.33. The third kappa shape index (κ3) is 2.86. The van der Waals surface area contributed by atoms with Crippen LogP contribution in [0.3, 0.4) is 0 Å². The number of rotatable bonds is 3. The van der Waals surface area contributed by atoms with Crippen molar-refractivity contribution in [3.63, 3.8) is 0 Å². The maximum Gasteiger partial charge on any atom is 0.101 e. The van der Waals surface area contributed by atoms with E-state index < -0.39 is 5.54 Å². The summed E-state index contributed by atoms with van der Waals surface area (Å²) >= 11 is 0. The third-order valence-corrected chi connectivity index (χ3v) is 2.26. The molecule has 0 aromatic heterocycles. The van der Waals surface area contributed by atoms with E-state index in [1.165, 1.54) is 11.1 Å². The van der Waals surface area contributed by atoms with Crippen molar-refractivity contribution in [2.24, 2.45) is 0 Å². The summed E-state index contributed by atoms with van der Waals surface area (Å²) in [5, 5.41) is 12.0. The molecule has 0 fully saturated rings. The predicted molar refractivity (Wildman–Crippen MR) is 57.7 cm³/mol. The second-order valence-electron chi connectivity index (χ2n) is 4.02. The average molecular weight is 188 g/mol. The van der Waals surface area contributed by atoms with E-state index in [1.54, 1.807) is 0 Å². The number of hydrogen-bond acceptors (Lipinski definition) is 2. The second-order valence-corrected chi connectivity index (χ2v) is 4.02. The zero-order chi connectivity index (χ0) is 10.6. The van der Waals surface area contributed by atoms with E-state index in [0.29, 0.717) is 0 Å². The Bertz CT molecular complexity index is 348. The summed E-state index contributed by atoms with van der Waals surface area (Å²) in [6.07, 6.45) is 0. The van der Waals surface area contributed by atoms with Crippen LogP contribution in [0.2, 0.25) is 0 Å². The molecule has 0 saturated heterocycles. The van der Waals surface area contributed by atoms with Crippen LogP contribution in [0.4, 0.5) is 0 Å². The van der Waals surface area contributed by atoms with Crippen LogP contribution in [0.1, 0.15) is 25.0 Å². The molecular weight excluding hydrogens is 172 g/mol. The summed E-state index contributed by atoms with van der Waals surface area (Å²) in [4.78, 5) is 0. The molecule has 14 heavy (non-hydrogen) atoms. The molecular formula is C12H16N2. The summed E-state index contributed by atoms with van der Waals surface area (Å²) in [7, 11) is 0. The molecule has 0 unspecified atom stereocenters. The molecule has 0 radical (unpaired) electrons. The van der Waals surface area contributed by atoms with Gasteiger partial charge in [0.2, 0.25) is 0 Å². The maximum absolute atomic E-state index is 8.83. The van der Waals surface area contributed by atoms with Crippen LogP contribution in [0, 0.1) is 18.3 Å². The summed E-state index contributed by atoms with van der Waals surface area (Å²) < 4.78 is 0. The molecule has 0 amide bonds. The van der Waals surface area contributed by atoms with Gasteiger partial charge in [0.25, 0.3) is 0 Å². The van der Waals surface area contributed by atoms with Gasteiger partial charge in [0.1, 0.15) is 5.54 Å². The molecule has 2 heteroatoms. The summed E-state index contributed by atoms with van der Waals surface area (Å²) in [6, 6.07) is 10.4. The molecule has 0 bridgehead atoms. The molecule has 0 heterocycles. The van der Waals surface area contributed by atoms with E-state index in [9.17, 15) is 0 Å². The van der Waals surface area contributed by atoms with Crippen LogP contribution in [0.5, 0.6) is 0 Å². The molecule has 2 nitrogen and oxygen atoms in total. The van der Waals surface area contributed by atoms with Gasteiger partial charge in [-0.3, -0.25) is 5.32 Å². The smallest absolute Gasteiger partial charge is 0.101 e. The monoisotopic (exact) mass is 188 g/mol. The highest BCUT2D eigenvalue weighted by atomic mass is 14.9. The zero-order valence-electron chi connectivity index (χ0n) is 8.96. The molecule has 1 aromatic carbocycles. The molecule has 1 rings (SSSR count). The molecule has 0 aliphatic carbocycles. The molecule has 1 N–H and O–H groups in total. The Morgan fingerprint density at radius 2 is 2.00 bits per heavy atom. The highest BCUT2D eigenvalue weighted by Crippen LogP contribution is 2.08. The van der Waals surface area contributed by atoms with Gasteiger partial charge in [0, 0.05) is 6.54 Å². The lowest BCUT2D eigenvalue weighted by Crippen LogP contribution is -2.37. The van der Waals surface area contributed by atoms with E-state index in [2.05, 4.69) is 30.4 Å². The van der Waals surface area contributed by atoms with Crippen LogP contribution in [0.15, 0.2) is 24.3 Å².